The van der Waals surface area contributed by atoms with Crippen LogP contribution in [0.4, 0.5) is 40.8 Å². The lowest BCUT2D eigenvalue weighted by Crippen LogP contribution is -2.32. The minimum atomic E-state index is -2.49. The van der Waals surface area contributed by atoms with Gasteiger partial charge in [-0.15, -0.1) is 0 Å². The number of pyridine rings is 4. The van der Waals surface area contributed by atoms with Crippen molar-refractivity contribution in [2.24, 2.45) is 23.7 Å². The Labute approximate surface area is 278 Å². The van der Waals surface area contributed by atoms with Crippen LogP contribution >= 0.6 is 15.9 Å². The van der Waals surface area contributed by atoms with Gasteiger partial charge in [-0.25, -0.2) is 37.5 Å². The monoisotopic (exact) mass is 716 g/mol. The molecule has 2 aliphatic heterocycles. The SMILES string of the molecule is C.Nc1cccc(-c2ccc(N3CC4C(C3)C4(F)F)nc2)n1.Nc1cccc(Br)n1.OB(O)c1ccc(N2CC3C(C2)C3(F)F)nc1. The first-order chi connectivity index (χ1) is 21.8. The summed E-state index contributed by atoms with van der Waals surface area (Å²) in [5, 5.41) is 17.8. The first-order valence-electron chi connectivity index (χ1n) is 14.5. The van der Waals surface area contributed by atoms with Crippen LogP contribution in [0.1, 0.15) is 7.43 Å². The van der Waals surface area contributed by atoms with Gasteiger partial charge in [-0.3, -0.25) is 0 Å². The van der Waals surface area contributed by atoms with Gasteiger partial charge in [0.15, 0.2) is 0 Å². The molecule has 0 aromatic carbocycles. The maximum Gasteiger partial charge on any atom is 0.490 e. The zero-order valence-corrected chi connectivity index (χ0v) is 25.9. The molecule has 4 aliphatic rings. The Morgan fingerprint density at radius 2 is 1.19 bits per heavy atom. The maximum absolute atomic E-state index is 13.2. The lowest BCUT2D eigenvalue weighted by atomic mass is 9.82. The molecule has 0 radical (unpaired) electrons. The molecule has 0 bridgehead atoms. The number of aromatic nitrogens is 4. The van der Waals surface area contributed by atoms with Crippen molar-refractivity contribution in [3.63, 3.8) is 0 Å². The van der Waals surface area contributed by atoms with Crippen molar-refractivity contribution in [2.75, 3.05) is 47.4 Å². The molecule has 16 heteroatoms. The minimum absolute atomic E-state index is 0. The second kappa shape index (κ2) is 13.2. The number of alkyl halides is 4. The van der Waals surface area contributed by atoms with Crippen LogP contribution in [0.2, 0.25) is 0 Å². The van der Waals surface area contributed by atoms with Crippen LogP contribution in [0.5, 0.6) is 0 Å². The minimum Gasteiger partial charge on any atom is -0.423 e. The maximum atomic E-state index is 13.2. The molecule has 2 saturated heterocycles. The van der Waals surface area contributed by atoms with Gasteiger partial charge in [0.25, 0.3) is 11.8 Å². The predicted octanol–water partition coefficient (Wildman–Crippen LogP) is 3.95. The van der Waals surface area contributed by atoms with Gasteiger partial charge in [-0.1, -0.05) is 25.6 Å². The Kier molecular flexibility index (Phi) is 9.67. The Balaban J connectivity index is 0.000000150. The van der Waals surface area contributed by atoms with Gasteiger partial charge in [-0.2, -0.15) is 0 Å². The number of rotatable bonds is 4. The average Bonchev–Trinajstić information content (AvgIpc) is 3.48. The van der Waals surface area contributed by atoms with Gasteiger partial charge in [0.2, 0.25) is 0 Å². The first-order valence-corrected chi connectivity index (χ1v) is 15.3. The summed E-state index contributed by atoms with van der Waals surface area (Å²) in [5.74, 6) is -4.65. The van der Waals surface area contributed by atoms with Crippen LogP contribution in [0.3, 0.4) is 0 Å². The van der Waals surface area contributed by atoms with Crippen molar-refractivity contribution in [3.05, 3.63) is 77.7 Å². The van der Waals surface area contributed by atoms with Crippen molar-refractivity contribution < 1.29 is 27.6 Å². The van der Waals surface area contributed by atoms with Gasteiger partial charge >= 0.3 is 7.12 Å². The summed E-state index contributed by atoms with van der Waals surface area (Å²) in [7, 11) is -1.55. The third-order valence-corrected chi connectivity index (χ3v) is 9.11. The van der Waals surface area contributed by atoms with Crippen molar-refractivity contribution in [1.82, 2.24) is 19.9 Å². The second-order valence-electron chi connectivity index (χ2n) is 11.6. The van der Waals surface area contributed by atoms with E-state index in [1.165, 1.54) is 12.3 Å². The predicted molar refractivity (Wildman–Crippen MR) is 177 cm³/mol. The molecule has 248 valence electrons. The van der Waals surface area contributed by atoms with E-state index < -0.39 is 42.6 Å². The summed E-state index contributed by atoms with van der Waals surface area (Å²) in [5.41, 5.74) is 12.9. The smallest absolute Gasteiger partial charge is 0.423 e. The Morgan fingerprint density at radius 1 is 0.702 bits per heavy atom. The van der Waals surface area contributed by atoms with Gasteiger partial charge in [0.1, 0.15) is 27.9 Å². The fraction of sp³-hybridized carbons (Fsp3) is 0.355. The van der Waals surface area contributed by atoms with E-state index in [0.29, 0.717) is 49.1 Å². The number of fused-ring (bicyclic) bond motifs is 2. The normalized spacial score (nSPS) is 23.6. The molecule has 47 heavy (non-hydrogen) atoms. The molecule has 4 atom stereocenters. The molecule has 0 spiro atoms. The third-order valence-electron chi connectivity index (χ3n) is 8.67. The second-order valence-corrected chi connectivity index (χ2v) is 12.5. The van der Waals surface area contributed by atoms with Crippen LogP contribution < -0.4 is 26.7 Å². The third kappa shape index (κ3) is 7.29. The zero-order valence-electron chi connectivity index (χ0n) is 24.3. The molecule has 2 aliphatic carbocycles. The number of nitrogens with zero attached hydrogens (tertiary/aromatic N) is 6. The van der Waals surface area contributed by atoms with Gasteiger partial charge in [0, 0.05) is 49.6 Å². The fourth-order valence-electron chi connectivity index (χ4n) is 5.89. The number of nitrogen functional groups attached to an aromatic ring is 2. The van der Waals surface area contributed by atoms with Crippen molar-refractivity contribution >= 4 is 51.8 Å². The number of hydrogen-bond donors (Lipinski definition) is 4. The van der Waals surface area contributed by atoms with Gasteiger partial charge in [-0.05, 0) is 58.4 Å². The van der Waals surface area contributed by atoms with E-state index in [4.69, 9.17) is 21.5 Å². The molecule has 2 saturated carbocycles. The number of anilines is 4. The van der Waals surface area contributed by atoms with E-state index in [9.17, 15) is 17.6 Å². The average molecular weight is 717 g/mol. The van der Waals surface area contributed by atoms with E-state index in [0.717, 1.165) is 21.7 Å². The fourth-order valence-corrected chi connectivity index (χ4v) is 6.25. The van der Waals surface area contributed by atoms with Crippen molar-refractivity contribution in [2.45, 2.75) is 19.3 Å². The highest BCUT2D eigenvalue weighted by atomic mass is 79.9. The molecule has 4 aromatic heterocycles. The Morgan fingerprint density at radius 3 is 1.57 bits per heavy atom. The number of hydrogen-bond acceptors (Lipinski definition) is 10. The molecule has 0 amide bonds. The van der Waals surface area contributed by atoms with Gasteiger partial charge in [0.05, 0.1) is 29.4 Å². The molecular weight excluding hydrogens is 683 g/mol. The summed E-state index contributed by atoms with van der Waals surface area (Å²) in [6.45, 7) is 1.43. The Bertz CT molecular complexity index is 1640. The zero-order chi connectivity index (χ0) is 32.8. The standard InChI is InChI=1S/C15H14F2N4.C10H11BF2N2O2.C5H5BrN2.CH4/c16-15(17)10-7-21(8-11(10)15)14-5-4-9(6-19-14)12-2-1-3-13(18)20-12;12-10(13)7-4-15(5-8(7)10)9-2-1-6(3-14-9)11(16)17;6-4-2-1-3-5(7)8-4;/h1-6,10-11H,7-8H2,(H2,18,20);1-3,7-8,16-17H,4-5H2;1-3H,(H2,7,8);1H4. The molecule has 4 fully saturated rings. The van der Waals surface area contributed by atoms with E-state index >= 15 is 0 Å². The first kappa shape index (κ1) is 34.3. The van der Waals surface area contributed by atoms with Crippen molar-refractivity contribution in [1.29, 1.82) is 0 Å². The molecule has 8 rings (SSSR count). The Hall–Kier alpha value is -4.02. The van der Waals surface area contributed by atoms with Gasteiger partial charge < -0.3 is 31.3 Å². The van der Waals surface area contributed by atoms with E-state index in [1.807, 2.05) is 41.3 Å². The lowest BCUT2D eigenvalue weighted by molar-refractivity contribution is 0.0791. The molecule has 4 unspecified atom stereocenters. The highest BCUT2D eigenvalue weighted by molar-refractivity contribution is 9.10. The van der Waals surface area contributed by atoms with E-state index in [-0.39, 0.29) is 7.43 Å². The highest BCUT2D eigenvalue weighted by Gasteiger charge is 2.72. The lowest BCUT2D eigenvalue weighted by Gasteiger charge is -2.20. The van der Waals surface area contributed by atoms with Crippen LogP contribution in [-0.4, -0.2) is 75.1 Å². The number of halogens is 5. The summed E-state index contributed by atoms with van der Waals surface area (Å²) in [6, 6.07) is 17.7. The van der Waals surface area contributed by atoms with Crippen LogP contribution in [0.15, 0.2) is 77.7 Å². The number of nitrogens with two attached hydrogens (primary N) is 2. The molecule has 6 heterocycles. The molecule has 4 aromatic rings. The molecule has 10 nitrogen and oxygen atoms in total. The van der Waals surface area contributed by atoms with E-state index in [1.54, 1.807) is 29.3 Å². The molecule has 6 N–H and O–H groups in total. The summed E-state index contributed by atoms with van der Waals surface area (Å²) in [6.07, 6.45) is 3.06. The van der Waals surface area contributed by atoms with E-state index in [2.05, 4.69) is 35.9 Å². The summed E-state index contributed by atoms with van der Waals surface area (Å²) in [4.78, 5) is 20.2. The topological polar surface area (TPSA) is 151 Å². The highest BCUT2D eigenvalue weighted by Crippen LogP contribution is 2.60. The number of piperidine rings is 2. The molecular formula is C31H34BBrF4N8O2. The van der Waals surface area contributed by atoms with Crippen LogP contribution in [0, 0.1) is 23.7 Å². The van der Waals surface area contributed by atoms with Crippen LogP contribution in [-0.2, 0) is 0 Å². The quantitative estimate of drug-likeness (QED) is 0.139. The summed E-state index contributed by atoms with van der Waals surface area (Å²) < 4.78 is 53.1. The summed E-state index contributed by atoms with van der Waals surface area (Å²) >= 11 is 3.17. The van der Waals surface area contributed by atoms with Crippen molar-refractivity contribution in [3.8, 4) is 11.3 Å². The largest absolute Gasteiger partial charge is 0.490 e. The van der Waals surface area contributed by atoms with Crippen LogP contribution in [0.25, 0.3) is 11.3 Å².